The molecule has 0 unspecified atom stereocenters. The van der Waals surface area contributed by atoms with E-state index >= 15 is 0 Å². The van der Waals surface area contributed by atoms with Crippen molar-refractivity contribution in [3.05, 3.63) is 52.0 Å². The Morgan fingerprint density at radius 1 is 1.31 bits per heavy atom. The molecule has 26 heavy (non-hydrogen) atoms. The standard InChI is InChI=1S/C19H22BrN3O3/c1-13-6-5-7-15(8-13)22-21-11-14-9-16(20)19(17(10-14)25-4)26-12-18(24)23(2)3/h5-11,22H,12H2,1-4H3/b21-11-. The fourth-order valence-corrected chi connectivity index (χ4v) is 2.69. The van der Waals surface area contributed by atoms with Crippen LogP contribution in [0, 0.1) is 6.92 Å². The van der Waals surface area contributed by atoms with Gasteiger partial charge in [0.2, 0.25) is 0 Å². The van der Waals surface area contributed by atoms with Crippen LogP contribution in [0.15, 0.2) is 46.0 Å². The molecule has 0 bridgehead atoms. The molecule has 0 spiro atoms. The molecule has 6 nitrogen and oxygen atoms in total. The molecule has 0 aliphatic rings. The quantitative estimate of drug-likeness (QED) is 0.549. The lowest BCUT2D eigenvalue weighted by molar-refractivity contribution is -0.130. The molecule has 1 N–H and O–H groups in total. The van der Waals surface area contributed by atoms with Crippen molar-refractivity contribution in [2.45, 2.75) is 6.92 Å². The highest BCUT2D eigenvalue weighted by atomic mass is 79.9. The summed E-state index contributed by atoms with van der Waals surface area (Å²) in [6.07, 6.45) is 1.68. The second kappa shape index (κ2) is 9.24. The van der Waals surface area contributed by atoms with Gasteiger partial charge in [-0.2, -0.15) is 5.10 Å². The predicted molar refractivity (Wildman–Crippen MR) is 107 cm³/mol. The van der Waals surface area contributed by atoms with Crippen LogP contribution in [0.2, 0.25) is 0 Å². The summed E-state index contributed by atoms with van der Waals surface area (Å²) >= 11 is 3.46. The van der Waals surface area contributed by atoms with E-state index in [1.54, 1.807) is 33.5 Å². The van der Waals surface area contributed by atoms with Crippen molar-refractivity contribution >= 4 is 33.7 Å². The maximum Gasteiger partial charge on any atom is 0.259 e. The van der Waals surface area contributed by atoms with Gasteiger partial charge in [-0.15, -0.1) is 0 Å². The number of aryl methyl sites for hydroxylation is 1. The SMILES string of the molecule is COc1cc(/C=N\Nc2cccc(C)c2)cc(Br)c1OCC(=O)N(C)C. The Morgan fingerprint density at radius 2 is 2.08 bits per heavy atom. The first-order valence-corrected chi connectivity index (χ1v) is 8.76. The van der Waals surface area contributed by atoms with Crippen molar-refractivity contribution in [2.24, 2.45) is 5.10 Å². The number of hydrogen-bond acceptors (Lipinski definition) is 5. The molecular formula is C19H22BrN3O3. The largest absolute Gasteiger partial charge is 0.493 e. The number of ether oxygens (including phenoxy) is 2. The Balaban J connectivity index is 2.12. The number of carbonyl (C=O) groups is 1. The predicted octanol–water partition coefficient (Wildman–Crippen LogP) is 3.68. The van der Waals surface area contributed by atoms with Crippen LogP contribution in [0.4, 0.5) is 5.69 Å². The summed E-state index contributed by atoms with van der Waals surface area (Å²) < 4.78 is 11.7. The smallest absolute Gasteiger partial charge is 0.259 e. The third-order valence-corrected chi connectivity index (χ3v) is 4.10. The van der Waals surface area contributed by atoms with Crippen molar-refractivity contribution in [1.82, 2.24) is 4.90 Å². The minimum Gasteiger partial charge on any atom is -0.493 e. The van der Waals surface area contributed by atoms with Crippen LogP contribution in [-0.4, -0.2) is 44.8 Å². The van der Waals surface area contributed by atoms with Crippen LogP contribution in [0.25, 0.3) is 0 Å². The number of hydrogen-bond donors (Lipinski definition) is 1. The fraction of sp³-hybridized carbons (Fsp3) is 0.263. The summed E-state index contributed by atoms with van der Waals surface area (Å²) in [5.41, 5.74) is 5.88. The average molecular weight is 420 g/mol. The van der Waals surface area contributed by atoms with Gasteiger partial charge in [0.25, 0.3) is 5.91 Å². The van der Waals surface area contributed by atoms with Gasteiger partial charge in [0.1, 0.15) is 0 Å². The fourth-order valence-electron chi connectivity index (χ4n) is 2.11. The molecule has 0 saturated carbocycles. The molecule has 1 amide bonds. The molecule has 0 aliphatic carbocycles. The average Bonchev–Trinajstić information content (AvgIpc) is 2.60. The van der Waals surface area contributed by atoms with Crippen LogP contribution in [-0.2, 0) is 4.79 Å². The minimum atomic E-state index is -0.132. The lowest BCUT2D eigenvalue weighted by atomic mass is 10.2. The van der Waals surface area contributed by atoms with Crippen molar-refractivity contribution in [2.75, 3.05) is 33.2 Å². The molecule has 0 aliphatic heterocycles. The molecule has 2 aromatic carbocycles. The molecule has 0 saturated heterocycles. The zero-order chi connectivity index (χ0) is 19.1. The van der Waals surface area contributed by atoms with Gasteiger partial charge in [-0.3, -0.25) is 10.2 Å². The Kier molecular flexibility index (Phi) is 7.03. The molecule has 0 radical (unpaired) electrons. The number of halogens is 1. The molecule has 2 rings (SSSR count). The van der Waals surface area contributed by atoms with Crippen LogP contribution in [0.5, 0.6) is 11.5 Å². The van der Waals surface area contributed by atoms with Crippen molar-refractivity contribution in [1.29, 1.82) is 0 Å². The Morgan fingerprint density at radius 3 is 2.73 bits per heavy atom. The van der Waals surface area contributed by atoms with Gasteiger partial charge >= 0.3 is 0 Å². The zero-order valence-corrected chi connectivity index (χ0v) is 16.8. The molecule has 0 atom stereocenters. The number of rotatable bonds is 7. The van der Waals surface area contributed by atoms with E-state index in [4.69, 9.17) is 9.47 Å². The van der Waals surface area contributed by atoms with Gasteiger partial charge in [-0.1, -0.05) is 12.1 Å². The Hall–Kier alpha value is -2.54. The Bertz CT molecular complexity index is 807. The number of hydrazone groups is 1. The maximum absolute atomic E-state index is 11.7. The van der Waals surface area contributed by atoms with Crippen LogP contribution in [0.3, 0.4) is 0 Å². The molecule has 0 aromatic heterocycles. The van der Waals surface area contributed by atoms with Gasteiger partial charge in [0, 0.05) is 14.1 Å². The first-order chi connectivity index (χ1) is 12.4. The normalized spacial score (nSPS) is 10.7. The molecule has 0 heterocycles. The lowest BCUT2D eigenvalue weighted by Crippen LogP contribution is -2.27. The van der Waals surface area contributed by atoms with Gasteiger partial charge < -0.3 is 14.4 Å². The molecule has 7 heteroatoms. The molecule has 0 fully saturated rings. The number of likely N-dealkylation sites (N-methyl/N-ethyl adjacent to an activating group) is 1. The van der Waals surface area contributed by atoms with E-state index in [-0.39, 0.29) is 12.5 Å². The number of methoxy groups -OCH3 is 1. The summed E-state index contributed by atoms with van der Waals surface area (Å²) in [6.45, 7) is 1.96. The molecular weight excluding hydrogens is 398 g/mol. The van der Waals surface area contributed by atoms with E-state index in [2.05, 4.69) is 26.5 Å². The lowest BCUT2D eigenvalue weighted by Gasteiger charge is -2.15. The topological polar surface area (TPSA) is 63.2 Å². The Labute approximate surface area is 161 Å². The number of amides is 1. The third-order valence-electron chi connectivity index (χ3n) is 3.52. The zero-order valence-electron chi connectivity index (χ0n) is 15.2. The van der Waals surface area contributed by atoms with E-state index in [1.807, 2.05) is 37.3 Å². The van der Waals surface area contributed by atoms with Crippen molar-refractivity contribution in [3.63, 3.8) is 0 Å². The molecule has 138 valence electrons. The first kappa shape index (κ1) is 19.8. The van der Waals surface area contributed by atoms with E-state index in [0.29, 0.717) is 16.0 Å². The summed E-state index contributed by atoms with van der Waals surface area (Å²) in [6, 6.07) is 11.6. The van der Waals surface area contributed by atoms with Gasteiger partial charge in [0.05, 0.1) is 23.5 Å². The monoisotopic (exact) mass is 419 g/mol. The number of benzene rings is 2. The maximum atomic E-state index is 11.7. The summed E-state index contributed by atoms with van der Waals surface area (Å²) in [5.74, 6) is 0.862. The minimum absolute atomic E-state index is 0.0652. The number of nitrogens with one attached hydrogen (secondary N) is 1. The summed E-state index contributed by atoms with van der Waals surface area (Å²) in [7, 11) is 4.91. The molecule has 2 aromatic rings. The number of nitrogens with zero attached hydrogens (tertiary/aromatic N) is 2. The first-order valence-electron chi connectivity index (χ1n) is 7.97. The van der Waals surface area contributed by atoms with Gasteiger partial charge in [-0.05, 0) is 58.2 Å². The second-order valence-corrected chi connectivity index (χ2v) is 6.70. The van der Waals surface area contributed by atoms with Crippen molar-refractivity contribution < 1.29 is 14.3 Å². The number of carbonyl (C=O) groups excluding carboxylic acids is 1. The van der Waals surface area contributed by atoms with Gasteiger partial charge in [0.15, 0.2) is 18.1 Å². The van der Waals surface area contributed by atoms with Gasteiger partial charge in [-0.25, -0.2) is 0 Å². The second-order valence-electron chi connectivity index (χ2n) is 5.85. The van der Waals surface area contributed by atoms with E-state index < -0.39 is 0 Å². The van der Waals surface area contributed by atoms with E-state index in [0.717, 1.165) is 16.8 Å². The highest BCUT2D eigenvalue weighted by molar-refractivity contribution is 9.10. The number of anilines is 1. The van der Waals surface area contributed by atoms with Crippen molar-refractivity contribution in [3.8, 4) is 11.5 Å². The summed E-state index contributed by atoms with van der Waals surface area (Å²) in [4.78, 5) is 13.2. The van der Waals surface area contributed by atoms with Crippen LogP contribution >= 0.6 is 15.9 Å². The highest BCUT2D eigenvalue weighted by Crippen LogP contribution is 2.36. The van der Waals surface area contributed by atoms with Crippen LogP contribution < -0.4 is 14.9 Å². The van der Waals surface area contributed by atoms with Crippen LogP contribution in [0.1, 0.15) is 11.1 Å². The van der Waals surface area contributed by atoms with E-state index in [1.165, 1.54) is 4.90 Å². The van der Waals surface area contributed by atoms with E-state index in [9.17, 15) is 4.79 Å². The highest BCUT2D eigenvalue weighted by Gasteiger charge is 2.13. The third kappa shape index (κ3) is 5.49. The summed E-state index contributed by atoms with van der Waals surface area (Å²) in [5, 5.41) is 4.24.